The third-order valence-corrected chi connectivity index (χ3v) is 3.49. The Hall–Kier alpha value is -2.96. The van der Waals surface area contributed by atoms with E-state index in [1.165, 1.54) is 0 Å². The minimum atomic E-state index is -0.0467. The average molecular weight is 310 g/mol. The van der Waals surface area contributed by atoms with E-state index in [2.05, 4.69) is 20.6 Å². The first-order chi connectivity index (χ1) is 11.3. The Balaban J connectivity index is 1.66. The van der Waals surface area contributed by atoms with Crippen molar-refractivity contribution < 1.29 is 4.79 Å². The maximum absolute atomic E-state index is 12.0. The quantitative estimate of drug-likeness (QED) is 0.757. The van der Waals surface area contributed by atoms with Crippen molar-refractivity contribution in [3.05, 3.63) is 49.1 Å². The molecule has 0 unspecified atom stereocenters. The minimum Gasteiger partial charge on any atom is -0.326 e. The second-order valence-electron chi connectivity index (χ2n) is 5.09. The SMILES string of the molecule is CCn1cnnc1-c1cccc(NC(=O)CCn2cccn2)c1. The van der Waals surface area contributed by atoms with Crippen molar-refractivity contribution in [2.45, 2.75) is 26.4 Å². The van der Waals surface area contributed by atoms with Crippen LogP contribution >= 0.6 is 0 Å². The smallest absolute Gasteiger partial charge is 0.226 e. The van der Waals surface area contributed by atoms with Crippen LogP contribution in [-0.2, 0) is 17.9 Å². The summed E-state index contributed by atoms with van der Waals surface area (Å²) in [7, 11) is 0. The molecule has 3 rings (SSSR count). The van der Waals surface area contributed by atoms with E-state index in [0.29, 0.717) is 13.0 Å². The van der Waals surface area contributed by atoms with Crippen LogP contribution in [0.3, 0.4) is 0 Å². The molecule has 0 saturated carbocycles. The Morgan fingerprint density at radius 2 is 2.22 bits per heavy atom. The molecule has 0 bridgehead atoms. The van der Waals surface area contributed by atoms with E-state index in [1.54, 1.807) is 17.2 Å². The summed E-state index contributed by atoms with van der Waals surface area (Å²) in [5, 5.41) is 15.1. The van der Waals surface area contributed by atoms with Crippen LogP contribution in [0.2, 0.25) is 0 Å². The van der Waals surface area contributed by atoms with Crippen molar-refractivity contribution >= 4 is 11.6 Å². The fraction of sp³-hybridized carbons (Fsp3) is 0.250. The van der Waals surface area contributed by atoms with E-state index in [4.69, 9.17) is 0 Å². The lowest BCUT2D eigenvalue weighted by Crippen LogP contribution is -2.14. The Morgan fingerprint density at radius 3 is 3.00 bits per heavy atom. The molecular formula is C16H18N6O. The van der Waals surface area contributed by atoms with Crippen LogP contribution in [0.15, 0.2) is 49.1 Å². The number of aryl methyl sites for hydroxylation is 2. The summed E-state index contributed by atoms with van der Waals surface area (Å²) < 4.78 is 3.69. The standard InChI is InChI=1S/C16H18N6O/c1-2-21-12-17-20-16(21)13-5-3-6-14(11-13)19-15(23)7-10-22-9-4-8-18-22/h3-6,8-9,11-12H,2,7,10H2,1H3,(H,19,23). The summed E-state index contributed by atoms with van der Waals surface area (Å²) in [5.74, 6) is 0.745. The van der Waals surface area contributed by atoms with Crippen molar-refractivity contribution in [1.82, 2.24) is 24.5 Å². The lowest BCUT2D eigenvalue weighted by atomic mass is 10.2. The molecule has 2 heterocycles. The van der Waals surface area contributed by atoms with Crippen LogP contribution < -0.4 is 5.32 Å². The van der Waals surface area contributed by atoms with Crippen LogP contribution in [0, 0.1) is 0 Å². The number of carbonyl (C=O) groups excluding carboxylic acids is 1. The number of nitrogens with one attached hydrogen (secondary N) is 1. The summed E-state index contributed by atoms with van der Waals surface area (Å²) in [4.78, 5) is 12.0. The number of anilines is 1. The molecule has 0 aliphatic heterocycles. The molecule has 1 aromatic carbocycles. The van der Waals surface area contributed by atoms with E-state index in [0.717, 1.165) is 23.6 Å². The first-order valence-electron chi connectivity index (χ1n) is 7.52. The van der Waals surface area contributed by atoms with Crippen molar-refractivity contribution in [2.75, 3.05) is 5.32 Å². The zero-order valence-electron chi connectivity index (χ0n) is 12.9. The number of amides is 1. The first kappa shape index (κ1) is 15.0. The van der Waals surface area contributed by atoms with E-state index in [9.17, 15) is 4.79 Å². The third kappa shape index (κ3) is 3.63. The molecular weight excluding hydrogens is 292 g/mol. The number of nitrogens with zero attached hydrogens (tertiary/aromatic N) is 5. The highest BCUT2D eigenvalue weighted by Gasteiger charge is 2.08. The predicted molar refractivity (Wildman–Crippen MR) is 86.6 cm³/mol. The van der Waals surface area contributed by atoms with Gasteiger partial charge in [-0.25, -0.2) is 0 Å². The molecule has 0 saturated heterocycles. The van der Waals surface area contributed by atoms with Gasteiger partial charge in [0.05, 0.1) is 0 Å². The Bertz CT molecular complexity index is 777. The van der Waals surface area contributed by atoms with Crippen molar-refractivity contribution in [3.8, 4) is 11.4 Å². The molecule has 118 valence electrons. The van der Waals surface area contributed by atoms with E-state index >= 15 is 0 Å². The zero-order chi connectivity index (χ0) is 16.1. The normalized spacial score (nSPS) is 10.7. The monoisotopic (exact) mass is 310 g/mol. The van der Waals surface area contributed by atoms with Gasteiger partial charge < -0.3 is 9.88 Å². The Morgan fingerprint density at radius 1 is 1.30 bits per heavy atom. The van der Waals surface area contributed by atoms with Gasteiger partial charge in [-0.3, -0.25) is 9.48 Å². The maximum atomic E-state index is 12.0. The summed E-state index contributed by atoms with van der Waals surface area (Å²) in [6, 6.07) is 9.46. The highest BCUT2D eigenvalue weighted by Crippen LogP contribution is 2.20. The third-order valence-electron chi connectivity index (χ3n) is 3.49. The van der Waals surface area contributed by atoms with Gasteiger partial charge >= 0.3 is 0 Å². The molecule has 23 heavy (non-hydrogen) atoms. The summed E-state index contributed by atoms with van der Waals surface area (Å²) in [6.45, 7) is 3.39. The fourth-order valence-corrected chi connectivity index (χ4v) is 2.32. The van der Waals surface area contributed by atoms with Crippen LogP contribution in [0.1, 0.15) is 13.3 Å². The number of benzene rings is 1. The van der Waals surface area contributed by atoms with E-state index < -0.39 is 0 Å². The predicted octanol–water partition coefficient (Wildman–Crippen LogP) is 2.19. The Labute approximate surface area is 134 Å². The summed E-state index contributed by atoms with van der Waals surface area (Å²) >= 11 is 0. The highest BCUT2D eigenvalue weighted by molar-refractivity contribution is 5.91. The van der Waals surface area contributed by atoms with Crippen LogP contribution in [0.5, 0.6) is 0 Å². The number of hydrogen-bond acceptors (Lipinski definition) is 4. The maximum Gasteiger partial charge on any atom is 0.226 e. The molecule has 0 aliphatic carbocycles. The summed E-state index contributed by atoms with van der Waals surface area (Å²) in [5.41, 5.74) is 1.67. The van der Waals surface area contributed by atoms with Crippen molar-refractivity contribution in [1.29, 1.82) is 0 Å². The van der Waals surface area contributed by atoms with Gasteiger partial charge in [0.15, 0.2) is 5.82 Å². The second-order valence-corrected chi connectivity index (χ2v) is 5.09. The average Bonchev–Trinajstić information content (AvgIpc) is 3.24. The molecule has 7 nitrogen and oxygen atoms in total. The van der Waals surface area contributed by atoms with Gasteiger partial charge in [0.2, 0.25) is 5.91 Å². The Kier molecular flexibility index (Phi) is 4.46. The molecule has 2 aromatic heterocycles. The molecule has 3 aromatic rings. The van der Waals surface area contributed by atoms with Gasteiger partial charge in [0.25, 0.3) is 0 Å². The fourth-order valence-electron chi connectivity index (χ4n) is 2.32. The van der Waals surface area contributed by atoms with Gasteiger partial charge in [0.1, 0.15) is 6.33 Å². The van der Waals surface area contributed by atoms with Gasteiger partial charge in [-0.1, -0.05) is 12.1 Å². The van der Waals surface area contributed by atoms with Crippen LogP contribution in [0.25, 0.3) is 11.4 Å². The number of rotatable bonds is 6. The topological polar surface area (TPSA) is 77.6 Å². The van der Waals surface area contributed by atoms with Gasteiger partial charge in [-0.05, 0) is 25.1 Å². The molecule has 0 spiro atoms. The minimum absolute atomic E-state index is 0.0467. The second kappa shape index (κ2) is 6.87. The van der Waals surface area contributed by atoms with Gasteiger partial charge in [-0.15, -0.1) is 10.2 Å². The summed E-state index contributed by atoms with van der Waals surface area (Å²) in [6.07, 6.45) is 5.61. The number of hydrogen-bond donors (Lipinski definition) is 1. The number of carbonyl (C=O) groups is 1. The molecule has 7 heteroatoms. The highest BCUT2D eigenvalue weighted by atomic mass is 16.1. The molecule has 0 radical (unpaired) electrons. The molecule has 0 atom stereocenters. The lowest BCUT2D eigenvalue weighted by Gasteiger charge is -2.08. The molecule has 1 amide bonds. The van der Waals surface area contributed by atoms with Crippen LogP contribution in [0.4, 0.5) is 5.69 Å². The van der Waals surface area contributed by atoms with Crippen molar-refractivity contribution in [2.24, 2.45) is 0 Å². The van der Waals surface area contributed by atoms with Gasteiger partial charge in [0, 0.05) is 43.2 Å². The molecule has 0 aliphatic rings. The molecule has 0 fully saturated rings. The number of aromatic nitrogens is 5. The molecule has 1 N–H and O–H groups in total. The van der Waals surface area contributed by atoms with E-state index in [1.807, 2.05) is 48.0 Å². The van der Waals surface area contributed by atoms with Crippen molar-refractivity contribution in [3.63, 3.8) is 0 Å². The largest absolute Gasteiger partial charge is 0.326 e. The lowest BCUT2D eigenvalue weighted by molar-refractivity contribution is -0.116. The van der Waals surface area contributed by atoms with E-state index in [-0.39, 0.29) is 5.91 Å². The zero-order valence-corrected chi connectivity index (χ0v) is 12.9. The van der Waals surface area contributed by atoms with Crippen LogP contribution in [-0.4, -0.2) is 30.5 Å². The van der Waals surface area contributed by atoms with Gasteiger partial charge in [-0.2, -0.15) is 5.10 Å². The first-order valence-corrected chi connectivity index (χ1v) is 7.52.